The maximum atomic E-state index is 5.45. The fraction of sp³-hybridized carbons (Fsp3) is 0.467. The van der Waals surface area contributed by atoms with E-state index in [1.54, 1.807) is 0 Å². The molecule has 3 nitrogen and oxygen atoms in total. The van der Waals surface area contributed by atoms with Gasteiger partial charge >= 0.3 is 0 Å². The van der Waals surface area contributed by atoms with E-state index in [2.05, 4.69) is 23.5 Å². The molecule has 0 aromatic heterocycles. The monoisotopic (exact) mass is 244 g/mol. The average Bonchev–Trinajstić information content (AvgIpc) is 2.40. The van der Waals surface area contributed by atoms with Gasteiger partial charge in [0.2, 0.25) is 0 Å². The molecule has 2 rings (SSSR count). The fourth-order valence-corrected chi connectivity index (χ4v) is 2.24. The first-order chi connectivity index (χ1) is 8.78. The molecule has 1 aromatic carbocycles. The molecule has 1 aliphatic heterocycles. The summed E-state index contributed by atoms with van der Waals surface area (Å²) in [6.45, 7) is 4.75. The Morgan fingerprint density at radius 3 is 3.22 bits per heavy atom. The topological polar surface area (TPSA) is 33.3 Å². The van der Waals surface area contributed by atoms with E-state index in [-0.39, 0.29) is 0 Å². The molecule has 2 atom stereocenters. The summed E-state index contributed by atoms with van der Waals surface area (Å²) in [5, 5.41) is 6.93. The standard InChI is InChI=1S/C15H20N2O/c1-3-13-5-4-6-14(10-13)17-12(2)9-15-11-18-8-7-16-15/h1,4-6,10,12,15-17H,7-9,11H2,2H3. The van der Waals surface area contributed by atoms with E-state index in [1.807, 2.05) is 24.3 Å². The van der Waals surface area contributed by atoms with Crippen LogP contribution in [-0.2, 0) is 4.74 Å². The SMILES string of the molecule is C#Cc1cccc(NC(C)CC2COCCN2)c1. The molecule has 1 aliphatic rings. The van der Waals surface area contributed by atoms with Gasteiger partial charge in [0.25, 0.3) is 0 Å². The summed E-state index contributed by atoms with van der Waals surface area (Å²) in [5.74, 6) is 2.65. The van der Waals surface area contributed by atoms with Crippen molar-refractivity contribution < 1.29 is 4.74 Å². The highest BCUT2D eigenvalue weighted by atomic mass is 16.5. The smallest absolute Gasteiger partial charge is 0.0621 e. The number of terminal acetylenes is 1. The minimum atomic E-state index is 0.386. The van der Waals surface area contributed by atoms with Crippen molar-refractivity contribution in [3.63, 3.8) is 0 Å². The molecular formula is C15H20N2O. The van der Waals surface area contributed by atoms with Gasteiger partial charge in [-0.15, -0.1) is 6.42 Å². The molecule has 1 aromatic rings. The van der Waals surface area contributed by atoms with E-state index >= 15 is 0 Å². The molecule has 0 amide bonds. The van der Waals surface area contributed by atoms with Gasteiger partial charge in [-0.2, -0.15) is 0 Å². The van der Waals surface area contributed by atoms with Gasteiger partial charge in [-0.25, -0.2) is 0 Å². The van der Waals surface area contributed by atoms with Crippen molar-refractivity contribution in [2.24, 2.45) is 0 Å². The molecule has 0 bridgehead atoms. The first-order valence-corrected chi connectivity index (χ1v) is 6.42. The maximum absolute atomic E-state index is 5.45. The van der Waals surface area contributed by atoms with Gasteiger partial charge in [0.1, 0.15) is 0 Å². The molecule has 1 saturated heterocycles. The lowest BCUT2D eigenvalue weighted by atomic mass is 10.1. The molecule has 0 saturated carbocycles. The molecule has 1 fully saturated rings. The van der Waals surface area contributed by atoms with E-state index in [0.29, 0.717) is 12.1 Å². The van der Waals surface area contributed by atoms with Gasteiger partial charge in [0.05, 0.1) is 13.2 Å². The van der Waals surface area contributed by atoms with Crippen LogP contribution in [0, 0.1) is 12.3 Å². The van der Waals surface area contributed by atoms with Gasteiger partial charge in [-0.3, -0.25) is 0 Å². The van der Waals surface area contributed by atoms with Gasteiger partial charge in [-0.1, -0.05) is 12.0 Å². The molecule has 1 heterocycles. The number of benzene rings is 1. The summed E-state index contributed by atoms with van der Waals surface area (Å²) in [7, 11) is 0. The van der Waals surface area contributed by atoms with Crippen molar-refractivity contribution in [2.75, 3.05) is 25.1 Å². The molecule has 0 spiro atoms. The summed E-state index contributed by atoms with van der Waals surface area (Å²) in [6, 6.07) is 8.79. The lowest BCUT2D eigenvalue weighted by Gasteiger charge is -2.27. The average molecular weight is 244 g/mol. The molecule has 2 unspecified atom stereocenters. The van der Waals surface area contributed by atoms with Crippen molar-refractivity contribution in [3.05, 3.63) is 29.8 Å². The minimum Gasteiger partial charge on any atom is -0.382 e. The zero-order valence-electron chi connectivity index (χ0n) is 10.8. The summed E-state index contributed by atoms with van der Waals surface area (Å²) in [6.07, 6.45) is 6.44. The Bertz CT molecular complexity index is 419. The zero-order valence-corrected chi connectivity index (χ0v) is 10.8. The normalized spacial score (nSPS) is 21.0. The van der Waals surface area contributed by atoms with Crippen LogP contribution in [0.3, 0.4) is 0 Å². The van der Waals surface area contributed by atoms with Gasteiger partial charge in [0, 0.05) is 29.9 Å². The quantitative estimate of drug-likeness (QED) is 0.793. The predicted molar refractivity (Wildman–Crippen MR) is 74.7 cm³/mol. The second-order valence-corrected chi connectivity index (χ2v) is 4.73. The van der Waals surface area contributed by atoms with Crippen LogP contribution in [0.2, 0.25) is 0 Å². The summed E-state index contributed by atoms with van der Waals surface area (Å²) < 4.78 is 5.45. The van der Waals surface area contributed by atoms with Gasteiger partial charge in [-0.05, 0) is 31.5 Å². The lowest BCUT2D eigenvalue weighted by Crippen LogP contribution is -2.43. The molecule has 96 valence electrons. The Labute approximate surface area is 109 Å². The van der Waals surface area contributed by atoms with Crippen molar-refractivity contribution in [2.45, 2.75) is 25.4 Å². The van der Waals surface area contributed by atoms with Crippen LogP contribution in [0.1, 0.15) is 18.9 Å². The molecule has 18 heavy (non-hydrogen) atoms. The number of ether oxygens (including phenoxy) is 1. The zero-order chi connectivity index (χ0) is 12.8. The largest absolute Gasteiger partial charge is 0.382 e. The van der Waals surface area contributed by atoms with Crippen LogP contribution in [0.25, 0.3) is 0 Å². The van der Waals surface area contributed by atoms with E-state index in [1.165, 1.54) is 0 Å². The van der Waals surface area contributed by atoms with E-state index in [4.69, 9.17) is 11.2 Å². The van der Waals surface area contributed by atoms with Gasteiger partial charge in [0.15, 0.2) is 0 Å². The van der Waals surface area contributed by atoms with Crippen LogP contribution in [0.4, 0.5) is 5.69 Å². The first kappa shape index (κ1) is 12.9. The van der Waals surface area contributed by atoms with Crippen LogP contribution in [-0.4, -0.2) is 31.8 Å². The number of anilines is 1. The van der Waals surface area contributed by atoms with E-state index < -0.39 is 0 Å². The van der Waals surface area contributed by atoms with Crippen molar-refractivity contribution in [1.29, 1.82) is 0 Å². The number of rotatable bonds is 4. The molecule has 0 radical (unpaired) electrons. The predicted octanol–water partition coefficient (Wildman–Crippen LogP) is 1.85. The first-order valence-electron chi connectivity index (χ1n) is 6.42. The van der Waals surface area contributed by atoms with Crippen LogP contribution >= 0.6 is 0 Å². The number of hydrogen-bond acceptors (Lipinski definition) is 3. The Morgan fingerprint density at radius 2 is 2.50 bits per heavy atom. The lowest BCUT2D eigenvalue weighted by molar-refractivity contribution is 0.0731. The second kappa shape index (κ2) is 6.44. The Hall–Kier alpha value is -1.50. The van der Waals surface area contributed by atoms with Crippen molar-refractivity contribution in [1.82, 2.24) is 5.32 Å². The van der Waals surface area contributed by atoms with Crippen LogP contribution in [0.15, 0.2) is 24.3 Å². The minimum absolute atomic E-state index is 0.386. The number of hydrogen-bond donors (Lipinski definition) is 2. The van der Waals surface area contributed by atoms with Crippen molar-refractivity contribution >= 4 is 5.69 Å². The van der Waals surface area contributed by atoms with E-state index in [0.717, 1.165) is 37.4 Å². The second-order valence-electron chi connectivity index (χ2n) is 4.73. The molecular weight excluding hydrogens is 224 g/mol. The third-order valence-corrected chi connectivity index (χ3v) is 3.08. The maximum Gasteiger partial charge on any atom is 0.0621 e. The highest BCUT2D eigenvalue weighted by molar-refractivity contribution is 5.50. The van der Waals surface area contributed by atoms with Gasteiger partial charge < -0.3 is 15.4 Å². The molecule has 3 heteroatoms. The van der Waals surface area contributed by atoms with Crippen LogP contribution < -0.4 is 10.6 Å². The van der Waals surface area contributed by atoms with E-state index in [9.17, 15) is 0 Å². The Morgan fingerprint density at radius 1 is 1.61 bits per heavy atom. The third-order valence-electron chi connectivity index (χ3n) is 3.08. The summed E-state index contributed by atoms with van der Waals surface area (Å²) >= 11 is 0. The van der Waals surface area contributed by atoms with Crippen molar-refractivity contribution in [3.8, 4) is 12.3 Å². The molecule has 2 N–H and O–H groups in total. The van der Waals surface area contributed by atoms with Crippen LogP contribution in [0.5, 0.6) is 0 Å². The summed E-state index contributed by atoms with van der Waals surface area (Å²) in [4.78, 5) is 0. The third kappa shape index (κ3) is 3.76. The molecule has 0 aliphatic carbocycles. The number of morpholine rings is 1. The Balaban J connectivity index is 1.86. The summed E-state index contributed by atoms with van der Waals surface area (Å²) in [5.41, 5.74) is 1.99. The fourth-order valence-electron chi connectivity index (χ4n) is 2.24. The highest BCUT2D eigenvalue weighted by Gasteiger charge is 2.16. The Kier molecular flexibility index (Phi) is 4.63. The number of nitrogens with one attached hydrogen (secondary N) is 2. The highest BCUT2D eigenvalue weighted by Crippen LogP contribution is 2.13.